The van der Waals surface area contributed by atoms with Crippen LogP contribution in [-0.4, -0.2) is 13.8 Å². The first-order chi connectivity index (χ1) is 9.48. The molecule has 0 saturated heterocycles. The third-order valence-corrected chi connectivity index (χ3v) is 4.49. The van der Waals surface area contributed by atoms with Crippen molar-refractivity contribution in [1.29, 1.82) is 0 Å². The van der Waals surface area contributed by atoms with E-state index in [9.17, 15) is 0 Å². The summed E-state index contributed by atoms with van der Waals surface area (Å²) in [6.45, 7) is 1.89. The molecule has 2 aromatic rings. The summed E-state index contributed by atoms with van der Waals surface area (Å²) >= 11 is 11.4. The van der Waals surface area contributed by atoms with Crippen molar-refractivity contribution in [2.45, 2.75) is 0 Å². The van der Waals surface area contributed by atoms with Gasteiger partial charge in [-0.1, -0.05) is 11.6 Å². The average molecular weight is 328 g/mol. The van der Waals surface area contributed by atoms with Crippen LogP contribution in [0.3, 0.4) is 0 Å². The largest absolute Gasteiger partial charge is 0.497 e. The number of rotatable bonds is 5. The Hall–Kier alpha value is -1.22. The monoisotopic (exact) mass is 327 g/mol. The Kier molecular flexibility index (Phi) is 4.92. The highest BCUT2D eigenvalue weighted by atomic mass is 35.5. The van der Waals surface area contributed by atoms with E-state index >= 15 is 0 Å². The lowest BCUT2D eigenvalue weighted by Crippen LogP contribution is -2.01. The molecule has 0 saturated carbocycles. The number of ether oxygens (including phenoxy) is 1. The topological polar surface area (TPSA) is 30.5 Å². The molecule has 0 fully saturated rings. The lowest BCUT2D eigenvalue weighted by atomic mass is 10.3. The summed E-state index contributed by atoms with van der Waals surface area (Å²) in [7, 11) is 1.64. The van der Waals surface area contributed by atoms with Gasteiger partial charge in [0.05, 0.1) is 7.11 Å². The normalized spacial score (nSPS) is 13.3. The highest BCUT2D eigenvalue weighted by Crippen LogP contribution is 2.43. The minimum absolute atomic E-state index is 0.671. The van der Waals surface area contributed by atoms with Crippen molar-refractivity contribution in [2.24, 2.45) is 0 Å². The highest BCUT2D eigenvalue weighted by molar-refractivity contribution is 8.12. The standard InChI is InChI=1S/C14H15ClNO2PS/c1-17-13-9-5-12(6-10-13)16-19(2,20)18-14-7-3-11(15)4-8-14/h3-10H,1-2H3,(H,16,20). The van der Waals surface area contributed by atoms with E-state index in [0.717, 1.165) is 11.4 Å². The Morgan fingerprint density at radius 3 is 2.10 bits per heavy atom. The van der Waals surface area contributed by atoms with Crippen molar-refractivity contribution in [3.8, 4) is 11.5 Å². The van der Waals surface area contributed by atoms with E-state index in [4.69, 9.17) is 32.7 Å². The van der Waals surface area contributed by atoms with Gasteiger partial charge in [-0.05, 0) is 60.3 Å². The van der Waals surface area contributed by atoms with Gasteiger partial charge in [0.2, 0.25) is 0 Å². The molecule has 106 valence electrons. The first-order valence-corrected chi connectivity index (χ1v) is 9.48. The van der Waals surface area contributed by atoms with Crippen LogP contribution in [0.5, 0.6) is 11.5 Å². The SMILES string of the molecule is COc1ccc(NP(C)(=S)Oc2ccc(Cl)cc2)cc1. The predicted molar refractivity (Wildman–Crippen MR) is 88.9 cm³/mol. The van der Waals surface area contributed by atoms with E-state index in [1.807, 2.05) is 43.1 Å². The second kappa shape index (κ2) is 6.49. The number of methoxy groups -OCH3 is 1. The number of benzene rings is 2. The molecule has 0 aliphatic carbocycles. The van der Waals surface area contributed by atoms with Gasteiger partial charge in [0.1, 0.15) is 11.5 Å². The summed E-state index contributed by atoms with van der Waals surface area (Å²) in [6, 6.07) is 14.7. The number of anilines is 1. The Morgan fingerprint density at radius 1 is 1.00 bits per heavy atom. The van der Waals surface area contributed by atoms with E-state index in [0.29, 0.717) is 10.8 Å². The van der Waals surface area contributed by atoms with Gasteiger partial charge < -0.3 is 14.3 Å². The Bertz CT molecular complexity index is 616. The van der Waals surface area contributed by atoms with Crippen molar-refractivity contribution in [3.63, 3.8) is 0 Å². The molecule has 2 rings (SSSR count). The van der Waals surface area contributed by atoms with Gasteiger partial charge in [0.25, 0.3) is 0 Å². The molecular weight excluding hydrogens is 313 g/mol. The fraction of sp³-hybridized carbons (Fsp3) is 0.143. The molecule has 1 N–H and O–H groups in total. The van der Waals surface area contributed by atoms with Crippen LogP contribution >= 0.6 is 18.0 Å². The second-order valence-corrected chi connectivity index (χ2v) is 8.86. The fourth-order valence-corrected chi connectivity index (χ4v) is 3.51. The van der Waals surface area contributed by atoms with Crippen LogP contribution in [0.25, 0.3) is 0 Å². The zero-order chi connectivity index (χ0) is 14.6. The van der Waals surface area contributed by atoms with Gasteiger partial charge in [-0.15, -0.1) is 0 Å². The third kappa shape index (κ3) is 4.41. The molecule has 6 heteroatoms. The van der Waals surface area contributed by atoms with E-state index in [1.54, 1.807) is 19.2 Å². The van der Waals surface area contributed by atoms with Crippen molar-refractivity contribution in [2.75, 3.05) is 18.9 Å². The molecule has 0 spiro atoms. The van der Waals surface area contributed by atoms with E-state index in [-0.39, 0.29) is 0 Å². The molecule has 0 radical (unpaired) electrons. The van der Waals surface area contributed by atoms with Gasteiger partial charge in [0.15, 0.2) is 6.42 Å². The molecule has 2 aromatic carbocycles. The Balaban J connectivity index is 2.06. The van der Waals surface area contributed by atoms with E-state index < -0.39 is 6.42 Å². The van der Waals surface area contributed by atoms with E-state index in [2.05, 4.69) is 5.09 Å². The molecule has 20 heavy (non-hydrogen) atoms. The summed E-state index contributed by atoms with van der Waals surface area (Å²) in [5, 5.41) is 3.92. The molecule has 0 heterocycles. The van der Waals surface area contributed by atoms with Gasteiger partial charge in [-0.25, -0.2) is 0 Å². The summed E-state index contributed by atoms with van der Waals surface area (Å²) in [4.78, 5) is 0. The maximum absolute atomic E-state index is 5.84. The zero-order valence-corrected chi connectivity index (χ0v) is 13.6. The number of hydrogen-bond donors (Lipinski definition) is 1. The van der Waals surface area contributed by atoms with Gasteiger partial charge in [0, 0.05) is 17.4 Å². The van der Waals surface area contributed by atoms with Crippen molar-refractivity contribution in [3.05, 3.63) is 53.6 Å². The number of halogens is 1. The second-order valence-electron chi connectivity index (χ2n) is 4.23. The quantitative estimate of drug-likeness (QED) is 0.801. The van der Waals surface area contributed by atoms with Crippen LogP contribution in [0.2, 0.25) is 5.02 Å². The molecule has 0 aliphatic rings. The van der Waals surface area contributed by atoms with Crippen LogP contribution in [0.15, 0.2) is 48.5 Å². The summed E-state index contributed by atoms with van der Waals surface area (Å²) in [6.07, 6.45) is -2.18. The van der Waals surface area contributed by atoms with E-state index in [1.165, 1.54) is 0 Å². The van der Waals surface area contributed by atoms with Crippen molar-refractivity contribution >= 4 is 35.5 Å². The lowest BCUT2D eigenvalue weighted by Gasteiger charge is -2.21. The number of hydrogen-bond acceptors (Lipinski definition) is 3. The predicted octanol–water partition coefficient (Wildman–Crippen LogP) is 4.78. The molecule has 0 aromatic heterocycles. The average Bonchev–Trinajstić information content (AvgIpc) is 2.41. The zero-order valence-electron chi connectivity index (χ0n) is 11.2. The first kappa shape index (κ1) is 15.2. The molecule has 0 bridgehead atoms. The lowest BCUT2D eigenvalue weighted by molar-refractivity contribution is 0.415. The fourth-order valence-electron chi connectivity index (χ4n) is 1.62. The summed E-state index contributed by atoms with van der Waals surface area (Å²) in [5.74, 6) is 1.51. The van der Waals surface area contributed by atoms with Crippen molar-refractivity contribution < 1.29 is 9.26 Å². The van der Waals surface area contributed by atoms with Crippen molar-refractivity contribution in [1.82, 2.24) is 0 Å². The Morgan fingerprint density at radius 2 is 1.55 bits per heavy atom. The van der Waals surface area contributed by atoms with Gasteiger partial charge in [-0.3, -0.25) is 0 Å². The van der Waals surface area contributed by atoms with Crippen LogP contribution in [0, 0.1) is 0 Å². The van der Waals surface area contributed by atoms with Crippen LogP contribution in [0.1, 0.15) is 0 Å². The molecule has 3 nitrogen and oxygen atoms in total. The smallest absolute Gasteiger partial charge is 0.199 e. The number of nitrogens with one attached hydrogen (secondary N) is 1. The van der Waals surface area contributed by atoms with Crippen LogP contribution in [0.4, 0.5) is 5.69 Å². The Labute approximate surface area is 129 Å². The molecule has 0 amide bonds. The van der Waals surface area contributed by atoms with Crippen LogP contribution in [-0.2, 0) is 11.8 Å². The van der Waals surface area contributed by atoms with Gasteiger partial charge in [-0.2, -0.15) is 0 Å². The first-order valence-electron chi connectivity index (χ1n) is 5.93. The minimum atomic E-state index is -2.18. The maximum atomic E-state index is 5.84. The molecular formula is C14H15ClNO2PS. The van der Waals surface area contributed by atoms with Gasteiger partial charge >= 0.3 is 0 Å². The summed E-state index contributed by atoms with van der Waals surface area (Å²) < 4.78 is 11.0. The van der Waals surface area contributed by atoms with Crippen LogP contribution < -0.4 is 14.3 Å². The molecule has 0 aliphatic heterocycles. The summed E-state index contributed by atoms with van der Waals surface area (Å²) in [5.41, 5.74) is 0.908. The highest BCUT2D eigenvalue weighted by Gasteiger charge is 2.12. The maximum Gasteiger partial charge on any atom is 0.199 e. The third-order valence-electron chi connectivity index (χ3n) is 2.52. The molecule has 1 atom stereocenters. The molecule has 1 unspecified atom stereocenters. The minimum Gasteiger partial charge on any atom is -0.497 e.